The number of likely N-dealkylation sites (N-methyl/N-ethyl adjacent to an activating group) is 1. The molecule has 0 aromatic heterocycles. The fourth-order valence-electron chi connectivity index (χ4n) is 2.52. The van der Waals surface area contributed by atoms with Gasteiger partial charge in [-0.25, -0.2) is 0 Å². The zero-order valence-corrected chi connectivity index (χ0v) is 12.0. The van der Waals surface area contributed by atoms with Gasteiger partial charge < -0.3 is 15.0 Å². The molecule has 0 spiro atoms. The van der Waals surface area contributed by atoms with Crippen molar-refractivity contribution in [3.05, 3.63) is 0 Å². The molecular weight excluding hydrogens is 212 g/mol. The molecule has 1 heterocycles. The minimum Gasteiger partial charge on any atom is -0.377 e. The van der Waals surface area contributed by atoms with Crippen molar-refractivity contribution in [3.63, 3.8) is 0 Å². The Morgan fingerprint density at radius 3 is 2.65 bits per heavy atom. The van der Waals surface area contributed by atoms with Crippen LogP contribution in [0, 0.1) is 0 Å². The van der Waals surface area contributed by atoms with Gasteiger partial charge in [-0.15, -0.1) is 0 Å². The third-order valence-electron chi connectivity index (χ3n) is 3.64. The molecule has 1 rings (SSSR count). The Labute approximate surface area is 107 Å². The summed E-state index contributed by atoms with van der Waals surface area (Å²) >= 11 is 0. The van der Waals surface area contributed by atoms with Crippen molar-refractivity contribution < 1.29 is 4.74 Å². The summed E-state index contributed by atoms with van der Waals surface area (Å²) in [7, 11) is 2.24. The van der Waals surface area contributed by atoms with E-state index in [1.54, 1.807) is 0 Å². The average Bonchev–Trinajstić information content (AvgIpc) is 2.69. The van der Waals surface area contributed by atoms with Crippen molar-refractivity contribution in [1.29, 1.82) is 0 Å². The molecule has 0 aliphatic carbocycles. The van der Waals surface area contributed by atoms with Gasteiger partial charge in [0.2, 0.25) is 0 Å². The van der Waals surface area contributed by atoms with Gasteiger partial charge in [-0.1, -0.05) is 20.3 Å². The van der Waals surface area contributed by atoms with Crippen LogP contribution in [0.4, 0.5) is 0 Å². The van der Waals surface area contributed by atoms with Crippen molar-refractivity contribution in [1.82, 2.24) is 10.2 Å². The normalized spacial score (nSPS) is 25.1. The highest BCUT2D eigenvalue weighted by atomic mass is 16.5. The summed E-state index contributed by atoms with van der Waals surface area (Å²) in [5.74, 6) is 0. The summed E-state index contributed by atoms with van der Waals surface area (Å²) in [4.78, 5) is 2.48. The SMILES string of the molecule is CC(C)NCCCCCN(C)C1CCOC1C. The van der Waals surface area contributed by atoms with Crippen LogP contribution in [0.1, 0.15) is 46.5 Å². The number of ether oxygens (including phenoxy) is 1. The van der Waals surface area contributed by atoms with Crippen LogP contribution in [0.3, 0.4) is 0 Å². The molecule has 0 bridgehead atoms. The maximum absolute atomic E-state index is 5.61. The zero-order valence-electron chi connectivity index (χ0n) is 12.0. The summed E-state index contributed by atoms with van der Waals surface area (Å²) in [5, 5.41) is 3.46. The van der Waals surface area contributed by atoms with Gasteiger partial charge in [-0.3, -0.25) is 0 Å². The molecule has 1 aliphatic heterocycles. The van der Waals surface area contributed by atoms with E-state index in [4.69, 9.17) is 4.74 Å². The third-order valence-corrected chi connectivity index (χ3v) is 3.64. The summed E-state index contributed by atoms with van der Waals surface area (Å²) in [6, 6.07) is 1.26. The molecule has 2 atom stereocenters. The fraction of sp³-hybridized carbons (Fsp3) is 1.00. The van der Waals surface area contributed by atoms with E-state index < -0.39 is 0 Å². The van der Waals surface area contributed by atoms with Crippen LogP contribution in [0.5, 0.6) is 0 Å². The Kier molecular flexibility index (Phi) is 7.09. The van der Waals surface area contributed by atoms with E-state index in [-0.39, 0.29) is 0 Å². The average molecular weight is 242 g/mol. The Morgan fingerprint density at radius 1 is 1.29 bits per heavy atom. The minimum absolute atomic E-state index is 0.419. The molecule has 0 saturated carbocycles. The van der Waals surface area contributed by atoms with Crippen molar-refractivity contribution in [2.45, 2.75) is 64.6 Å². The maximum Gasteiger partial charge on any atom is 0.0702 e. The predicted octanol–water partition coefficient (Wildman–Crippen LogP) is 2.26. The van der Waals surface area contributed by atoms with E-state index >= 15 is 0 Å². The topological polar surface area (TPSA) is 24.5 Å². The lowest BCUT2D eigenvalue weighted by Crippen LogP contribution is -2.37. The van der Waals surface area contributed by atoms with Crippen molar-refractivity contribution in [2.24, 2.45) is 0 Å². The molecule has 102 valence electrons. The highest BCUT2D eigenvalue weighted by Crippen LogP contribution is 2.18. The van der Waals surface area contributed by atoms with E-state index in [9.17, 15) is 0 Å². The standard InChI is InChI=1S/C14H30N2O/c1-12(2)15-9-6-5-7-10-16(4)14-8-11-17-13(14)3/h12-15H,5-11H2,1-4H3. The summed E-state index contributed by atoms with van der Waals surface area (Å²) in [5.41, 5.74) is 0. The molecule has 1 aliphatic rings. The van der Waals surface area contributed by atoms with E-state index in [1.165, 1.54) is 32.2 Å². The Bertz CT molecular complexity index is 197. The van der Waals surface area contributed by atoms with E-state index in [0.717, 1.165) is 13.2 Å². The molecule has 17 heavy (non-hydrogen) atoms. The number of hydrogen-bond donors (Lipinski definition) is 1. The van der Waals surface area contributed by atoms with Crippen molar-refractivity contribution in [2.75, 3.05) is 26.7 Å². The van der Waals surface area contributed by atoms with Crippen LogP contribution in [0.15, 0.2) is 0 Å². The first-order valence-electron chi connectivity index (χ1n) is 7.16. The zero-order chi connectivity index (χ0) is 12.7. The molecule has 1 fully saturated rings. The van der Waals surface area contributed by atoms with Crippen LogP contribution < -0.4 is 5.32 Å². The lowest BCUT2D eigenvalue weighted by Gasteiger charge is -2.26. The van der Waals surface area contributed by atoms with Crippen LogP contribution in [0.25, 0.3) is 0 Å². The van der Waals surface area contributed by atoms with Crippen molar-refractivity contribution in [3.8, 4) is 0 Å². The first-order chi connectivity index (χ1) is 8.11. The van der Waals surface area contributed by atoms with E-state index in [2.05, 4.69) is 38.0 Å². The summed E-state index contributed by atoms with van der Waals surface area (Å²) < 4.78 is 5.61. The second-order valence-corrected chi connectivity index (χ2v) is 5.58. The molecule has 1 N–H and O–H groups in total. The Hall–Kier alpha value is -0.120. The maximum atomic E-state index is 5.61. The second kappa shape index (κ2) is 8.06. The van der Waals surface area contributed by atoms with Gasteiger partial charge in [-0.05, 0) is 46.3 Å². The van der Waals surface area contributed by atoms with Crippen molar-refractivity contribution >= 4 is 0 Å². The van der Waals surface area contributed by atoms with Gasteiger partial charge in [0.25, 0.3) is 0 Å². The van der Waals surface area contributed by atoms with Crippen LogP contribution in [-0.4, -0.2) is 49.8 Å². The van der Waals surface area contributed by atoms with Gasteiger partial charge in [-0.2, -0.15) is 0 Å². The quantitative estimate of drug-likeness (QED) is 0.661. The second-order valence-electron chi connectivity index (χ2n) is 5.58. The first kappa shape index (κ1) is 14.9. The number of unbranched alkanes of at least 4 members (excludes halogenated alkanes) is 2. The number of hydrogen-bond acceptors (Lipinski definition) is 3. The van der Waals surface area contributed by atoms with Crippen LogP contribution in [-0.2, 0) is 4.74 Å². The van der Waals surface area contributed by atoms with E-state index in [1.807, 2.05) is 0 Å². The molecule has 0 radical (unpaired) electrons. The molecule has 0 amide bonds. The fourth-order valence-corrected chi connectivity index (χ4v) is 2.52. The molecule has 2 unspecified atom stereocenters. The predicted molar refractivity (Wildman–Crippen MR) is 73.4 cm³/mol. The number of nitrogens with zero attached hydrogens (tertiary/aromatic N) is 1. The molecular formula is C14H30N2O. The molecule has 3 nitrogen and oxygen atoms in total. The molecule has 3 heteroatoms. The van der Waals surface area contributed by atoms with Crippen LogP contribution >= 0.6 is 0 Å². The molecule has 0 aromatic carbocycles. The number of nitrogens with one attached hydrogen (secondary N) is 1. The molecule has 1 saturated heterocycles. The van der Waals surface area contributed by atoms with Gasteiger partial charge in [0.1, 0.15) is 0 Å². The lowest BCUT2D eigenvalue weighted by molar-refractivity contribution is 0.0831. The summed E-state index contributed by atoms with van der Waals surface area (Å²) in [6.07, 6.45) is 5.54. The highest BCUT2D eigenvalue weighted by Gasteiger charge is 2.27. The van der Waals surface area contributed by atoms with Gasteiger partial charge in [0.05, 0.1) is 6.10 Å². The monoisotopic (exact) mass is 242 g/mol. The third kappa shape index (κ3) is 5.84. The smallest absolute Gasteiger partial charge is 0.0702 e. The summed E-state index contributed by atoms with van der Waals surface area (Å²) in [6.45, 7) is 9.91. The van der Waals surface area contributed by atoms with Crippen LogP contribution in [0.2, 0.25) is 0 Å². The lowest BCUT2D eigenvalue weighted by atomic mass is 10.1. The van der Waals surface area contributed by atoms with Gasteiger partial charge in [0.15, 0.2) is 0 Å². The van der Waals surface area contributed by atoms with Gasteiger partial charge in [0, 0.05) is 18.7 Å². The van der Waals surface area contributed by atoms with Gasteiger partial charge >= 0.3 is 0 Å². The number of rotatable bonds is 8. The highest BCUT2D eigenvalue weighted by molar-refractivity contribution is 4.80. The Morgan fingerprint density at radius 2 is 2.06 bits per heavy atom. The largest absolute Gasteiger partial charge is 0.377 e. The minimum atomic E-state index is 0.419. The first-order valence-corrected chi connectivity index (χ1v) is 7.16. The molecule has 0 aromatic rings. The Balaban J connectivity index is 1.98. The van der Waals surface area contributed by atoms with E-state index in [0.29, 0.717) is 18.2 Å².